The van der Waals surface area contributed by atoms with E-state index in [0.717, 1.165) is 141 Å². The molecule has 26 heteroatoms. The third kappa shape index (κ3) is 53.1. The van der Waals surface area contributed by atoms with Gasteiger partial charge in [0.05, 0.1) is 13.2 Å². The number of unbranched alkanes of at least 4 members (excludes halogenated alkanes) is 50. The number of ether oxygens (including phenoxy) is 8. The molecule has 10 N–H and O–H groups in total. The van der Waals surface area contributed by atoms with E-state index in [0.29, 0.717) is 44.4 Å². The van der Waals surface area contributed by atoms with Crippen molar-refractivity contribution in [2.45, 2.75) is 537 Å². The summed E-state index contributed by atoms with van der Waals surface area (Å²) in [5, 5.41) is 103. The fraction of sp³-hybridized carbons (Fsp3) is 0.937. The quantitative estimate of drug-likeness (QED) is 0.00889. The van der Waals surface area contributed by atoms with E-state index in [9.17, 15) is 74.6 Å². The highest BCUT2D eigenvalue weighted by Crippen LogP contribution is 2.49. The molecule has 0 aromatic carbocycles. The summed E-state index contributed by atoms with van der Waals surface area (Å²) >= 11 is 0. The molecule has 0 spiro atoms. The first-order valence-electron chi connectivity index (χ1n) is 49.3. The van der Waals surface area contributed by atoms with E-state index in [1.807, 2.05) is 0 Å². The monoisotopic (exact) mass is 1750 g/mol. The Hall–Kier alpha value is -2.79. The van der Waals surface area contributed by atoms with Crippen LogP contribution in [0.1, 0.15) is 433 Å². The van der Waals surface area contributed by atoms with Gasteiger partial charge in [-0.15, -0.1) is 0 Å². The zero-order chi connectivity index (χ0) is 88.4. The van der Waals surface area contributed by atoms with Gasteiger partial charge in [-0.3, -0.25) is 28.2 Å². The molecule has 3 rings (SSSR count). The summed E-state index contributed by atoms with van der Waals surface area (Å²) in [4.78, 5) is 66.7. The third-order valence-corrected chi connectivity index (χ3v) is 25.4. The van der Waals surface area contributed by atoms with Crippen molar-refractivity contribution < 1.29 is 122 Å². The molecule has 19 atom stereocenters. The first-order chi connectivity index (χ1) is 58.6. The van der Waals surface area contributed by atoms with Gasteiger partial charge in [-0.1, -0.05) is 368 Å². The van der Waals surface area contributed by atoms with Crippen LogP contribution < -0.4 is 0 Å². The van der Waals surface area contributed by atoms with Gasteiger partial charge in [0.15, 0.2) is 24.8 Å². The highest BCUT2D eigenvalue weighted by atomic mass is 31.2. The molecule has 0 radical (unpaired) electrons. The van der Waals surface area contributed by atoms with E-state index in [4.69, 9.17) is 46.9 Å². The Morgan fingerprint density at radius 2 is 0.669 bits per heavy atom. The first kappa shape index (κ1) is 112. The van der Waals surface area contributed by atoms with Gasteiger partial charge in [0.25, 0.3) is 0 Å². The van der Waals surface area contributed by atoms with Crippen LogP contribution in [0.15, 0.2) is 12.2 Å². The number of rotatable bonds is 80. The molecule has 19 unspecified atom stereocenters. The fourth-order valence-corrected chi connectivity index (χ4v) is 17.5. The minimum Gasteiger partial charge on any atom is -0.463 e. The molecule has 121 heavy (non-hydrogen) atoms. The van der Waals surface area contributed by atoms with E-state index < -0.39 is 162 Å². The fourth-order valence-electron chi connectivity index (χ4n) is 16.5. The smallest absolute Gasteiger partial charge is 0.463 e. The van der Waals surface area contributed by atoms with Crippen LogP contribution in [0.4, 0.5) is 0 Å². The van der Waals surface area contributed by atoms with E-state index in [-0.39, 0.29) is 25.7 Å². The van der Waals surface area contributed by atoms with E-state index in [2.05, 4.69) is 46.8 Å². The molecule has 2 saturated heterocycles. The SMILES string of the molecule is CCCCCC/C=C\CCCCCCCCCC(=O)OC(COC(=O)CCCCCCCCCCCCCCCCC)COP(=O)(O)OC1C(OC2OC(CO)C(O)C(O)C2O)C(O)C(O)C(OC(=O)CCCCCCCCC(C)CCCCCCCC)C1OC1OC(COC(=O)CCCCCCCCCCCCCCCCCC)C(O)C(O)C1O. The summed E-state index contributed by atoms with van der Waals surface area (Å²) < 4.78 is 73.6. The number of phosphoric acid groups is 1. The molecule has 0 bridgehead atoms. The maximum Gasteiger partial charge on any atom is 0.472 e. The molecule has 1 aliphatic carbocycles. The lowest BCUT2D eigenvalue weighted by atomic mass is 9.84. The van der Waals surface area contributed by atoms with Crippen molar-refractivity contribution in [2.24, 2.45) is 5.92 Å². The molecule has 2 heterocycles. The summed E-state index contributed by atoms with van der Waals surface area (Å²) in [6.07, 6.45) is 31.8. The maximum absolute atomic E-state index is 14.9. The van der Waals surface area contributed by atoms with E-state index in [1.54, 1.807) is 0 Å². The predicted molar refractivity (Wildman–Crippen MR) is 472 cm³/mol. The predicted octanol–water partition coefficient (Wildman–Crippen LogP) is 19.0. The Morgan fingerprint density at radius 1 is 0.347 bits per heavy atom. The second-order valence-electron chi connectivity index (χ2n) is 35.6. The third-order valence-electron chi connectivity index (χ3n) is 24.4. The summed E-state index contributed by atoms with van der Waals surface area (Å²) in [7, 11) is -5.81. The second-order valence-corrected chi connectivity index (χ2v) is 37.0. The Balaban J connectivity index is 1.91. The number of hydrogen-bond acceptors (Lipinski definition) is 24. The zero-order valence-corrected chi connectivity index (χ0v) is 77.2. The molecule has 712 valence electrons. The van der Waals surface area contributed by atoms with Gasteiger partial charge in [-0.2, -0.15) is 0 Å². The number of esters is 4. The van der Waals surface area contributed by atoms with Crippen LogP contribution >= 0.6 is 7.82 Å². The molecule has 1 saturated carbocycles. The summed E-state index contributed by atoms with van der Waals surface area (Å²) in [6.45, 7) is 7.93. The van der Waals surface area contributed by atoms with Gasteiger partial charge in [0.1, 0.15) is 92.6 Å². The summed E-state index contributed by atoms with van der Waals surface area (Å²) in [6, 6.07) is 0. The van der Waals surface area contributed by atoms with Crippen LogP contribution in [0, 0.1) is 5.92 Å². The van der Waals surface area contributed by atoms with Crippen LogP contribution in [-0.2, 0) is 70.7 Å². The van der Waals surface area contributed by atoms with Gasteiger partial charge in [-0.25, -0.2) is 4.57 Å². The zero-order valence-electron chi connectivity index (χ0n) is 76.3. The maximum atomic E-state index is 14.9. The standard InChI is InChI=1S/C95H177O25P/c1-6-10-14-18-22-25-28-31-34-37-39-42-45-48-55-61-67-79(98)112-73-77-83(102)85(104)89(108)95(116-77)119-92-90(117-81(100)69-63-57-51-50-53-59-65-74(5)64-58-52-21-17-13-9-4)86(105)87(106)91(118-94-88(107)84(103)82(101)76(70-96)115-94)93(92)120-121(109,110)113-72-75(114-80(99)68-62-56-49-46-43-40-36-33-30-27-24-20-16-12-8-3)71-111-78(97)66-60-54-47-44-41-38-35-32-29-26-23-19-15-11-7-2/h27,30,74-77,82-96,101-108H,6-26,28-29,31-73H2,1-5H3,(H,109,110)/b30-27-. The highest BCUT2D eigenvalue weighted by molar-refractivity contribution is 7.47. The molecule has 3 aliphatic rings. The average molecular weight is 1750 g/mol. The van der Waals surface area contributed by atoms with Crippen LogP contribution in [0.2, 0.25) is 0 Å². The average Bonchev–Trinajstić information content (AvgIpc) is 0.754. The Bertz CT molecular complexity index is 2570. The number of carbonyl (C=O) groups excluding carboxylic acids is 4. The van der Waals surface area contributed by atoms with Crippen LogP contribution in [-0.4, -0.2) is 205 Å². The number of hydrogen-bond donors (Lipinski definition) is 10. The minimum absolute atomic E-state index is 0.0186. The summed E-state index contributed by atoms with van der Waals surface area (Å²) in [5.74, 6) is -2.33. The molecular formula is C95H177O25P. The van der Waals surface area contributed by atoms with Gasteiger partial charge in [0.2, 0.25) is 0 Å². The highest BCUT2D eigenvalue weighted by Gasteiger charge is 2.60. The molecule has 2 aliphatic heterocycles. The van der Waals surface area contributed by atoms with E-state index in [1.165, 1.54) is 193 Å². The topological polar surface area (TPSA) is 380 Å². The molecule has 0 aromatic rings. The van der Waals surface area contributed by atoms with Crippen LogP contribution in [0.5, 0.6) is 0 Å². The van der Waals surface area contributed by atoms with Crippen molar-refractivity contribution in [1.29, 1.82) is 0 Å². The van der Waals surface area contributed by atoms with Crippen molar-refractivity contribution in [3.8, 4) is 0 Å². The number of aliphatic hydroxyl groups excluding tert-OH is 9. The first-order valence-corrected chi connectivity index (χ1v) is 50.8. The Labute approximate surface area is 731 Å². The van der Waals surface area contributed by atoms with Gasteiger partial charge < -0.3 is 88.7 Å². The Morgan fingerprint density at radius 3 is 1.07 bits per heavy atom. The van der Waals surface area contributed by atoms with Crippen molar-refractivity contribution in [3.63, 3.8) is 0 Å². The normalized spacial score (nSPS) is 24.9. The lowest BCUT2D eigenvalue weighted by Gasteiger charge is -2.50. The second kappa shape index (κ2) is 73.0. The number of aliphatic hydroxyl groups is 9. The van der Waals surface area contributed by atoms with Crippen LogP contribution in [0.3, 0.4) is 0 Å². The molecule has 0 aromatic heterocycles. The van der Waals surface area contributed by atoms with Gasteiger partial charge >= 0.3 is 31.7 Å². The van der Waals surface area contributed by atoms with Crippen molar-refractivity contribution >= 4 is 31.7 Å². The van der Waals surface area contributed by atoms with Crippen molar-refractivity contribution in [3.05, 3.63) is 12.2 Å². The molecule has 3 fully saturated rings. The molecule has 25 nitrogen and oxygen atoms in total. The van der Waals surface area contributed by atoms with Crippen molar-refractivity contribution in [1.82, 2.24) is 0 Å². The minimum atomic E-state index is -5.81. The molecular weight excluding hydrogens is 1570 g/mol. The van der Waals surface area contributed by atoms with Crippen molar-refractivity contribution in [2.75, 3.05) is 26.4 Å². The van der Waals surface area contributed by atoms with Gasteiger partial charge in [-0.05, 0) is 57.3 Å². The summed E-state index contributed by atoms with van der Waals surface area (Å²) in [5.41, 5.74) is 0. The number of carbonyl (C=O) groups is 4. The lowest BCUT2D eigenvalue weighted by molar-refractivity contribution is -0.360. The lowest BCUT2D eigenvalue weighted by Crippen LogP contribution is -2.70. The molecule has 0 amide bonds. The Kier molecular flexibility index (Phi) is 67.8. The van der Waals surface area contributed by atoms with Gasteiger partial charge in [0, 0.05) is 25.7 Å². The van der Waals surface area contributed by atoms with E-state index >= 15 is 0 Å². The number of allylic oxidation sites excluding steroid dienone is 2. The van der Waals surface area contributed by atoms with Crippen LogP contribution in [0.25, 0.3) is 0 Å². The largest absolute Gasteiger partial charge is 0.472 e. The number of phosphoric ester groups is 1.